The molecule has 0 saturated heterocycles. The van der Waals surface area contributed by atoms with Gasteiger partial charge in [-0.3, -0.25) is 4.79 Å². The number of nitrogen functional groups attached to an aromatic ring is 1. The van der Waals surface area contributed by atoms with E-state index in [9.17, 15) is 4.79 Å². The average Bonchev–Trinajstić information content (AvgIpc) is 2.84. The van der Waals surface area contributed by atoms with Crippen molar-refractivity contribution in [2.24, 2.45) is 5.92 Å². The van der Waals surface area contributed by atoms with Crippen molar-refractivity contribution in [2.75, 3.05) is 5.73 Å². The van der Waals surface area contributed by atoms with E-state index in [4.69, 9.17) is 5.73 Å². The summed E-state index contributed by atoms with van der Waals surface area (Å²) in [5.41, 5.74) is 8.94. The molecule has 110 valence electrons. The molecule has 2 nitrogen and oxygen atoms in total. The van der Waals surface area contributed by atoms with E-state index in [0.717, 1.165) is 29.8 Å². The van der Waals surface area contributed by atoms with Gasteiger partial charge in [0, 0.05) is 10.4 Å². The minimum atomic E-state index is 0.662. The number of benzene rings is 1. The fraction of sp³-hybridized carbons (Fsp3) is 0.389. The van der Waals surface area contributed by atoms with Gasteiger partial charge in [0.1, 0.15) is 0 Å². The van der Waals surface area contributed by atoms with Crippen LogP contribution in [0.3, 0.4) is 0 Å². The van der Waals surface area contributed by atoms with E-state index >= 15 is 0 Å². The molecule has 1 fully saturated rings. The Morgan fingerprint density at radius 3 is 2.52 bits per heavy atom. The zero-order chi connectivity index (χ0) is 14.7. The van der Waals surface area contributed by atoms with Crippen molar-refractivity contribution in [1.29, 1.82) is 0 Å². The summed E-state index contributed by atoms with van der Waals surface area (Å²) in [6, 6.07) is 10.2. The number of carbonyl (C=O) groups is 1. The summed E-state index contributed by atoms with van der Waals surface area (Å²) < 4.78 is 0. The Labute approximate surface area is 130 Å². The van der Waals surface area contributed by atoms with Crippen LogP contribution in [0, 0.1) is 5.92 Å². The van der Waals surface area contributed by atoms with E-state index in [2.05, 4.69) is 12.1 Å². The predicted molar refractivity (Wildman–Crippen MR) is 89.8 cm³/mol. The Balaban J connectivity index is 1.97. The van der Waals surface area contributed by atoms with Crippen LogP contribution in [0.15, 0.2) is 30.3 Å². The van der Waals surface area contributed by atoms with Gasteiger partial charge in [0.25, 0.3) is 0 Å². The normalized spacial score (nSPS) is 16.0. The first-order valence-electron chi connectivity index (χ1n) is 7.71. The first kappa shape index (κ1) is 14.3. The minimum absolute atomic E-state index is 0.662. The highest BCUT2D eigenvalue weighted by Gasteiger charge is 2.21. The summed E-state index contributed by atoms with van der Waals surface area (Å²) in [7, 11) is 0. The van der Waals surface area contributed by atoms with Crippen molar-refractivity contribution in [1.82, 2.24) is 0 Å². The maximum atomic E-state index is 11.5. The van der Waals surface area contributed by atoms with Crippen molar-refractivity contribution in [3.8, 4) is 11.1 Å². The third kappa shape index (κ3) is 3.03. The van der Waals surface area contributed by atoms with Crippen molar-refractivity contribution < 1.29 is 4.79 Å². The lowest BCUT2D eigenvalue weighted by molar-refractivity contribution is 0.112. The minimum Gasteiger partial charge on any atom is -0.390 e. The summed E-state index contributed by atoms with van der Waals surface area (Å²) in [5.74, 6) is 0.749. The zero-order valence-electron chi connectivity index (χ0n) is 12.2. The highest BCUT2D eigenvalue weighted by atomic mass is 32.1. The molecule has 1 aromatic carbocycles. The van der Waals surface area contributed by atoms with Gasteiger partial charge in [-0.05, 0) is 17.9 Å². The number of hydrogen-bond acceptors (Lipinski definition) is 3. The second kappa shape index (κ2) is 6.44. The van der Waals surface area contributed by atoms with E-state index in [1.54, 1.807) is 11.3 Å². The maximum Gasteiger partial charge on any atom is 0.153 e. The summed E-state index contributed by atoms with van der Waals surface area (Å²) in [6.45, 7) is 0. The van der Waals surface area contributed by atoms with Crippen LogP contribution >= 0.6 is 11.3 Å². The van der Waals surface area contributed by atoms with Crippen LogP contribution < -0.4 is 5.73 Å². The molecule has 1 aromatic heterocycles. The Hall–Kier alpha value is -1.61. The summed E-state index contributed by atoms with van der Waals surface area (Å²) in [6.07, 6.45) is 8.64. The van der Waals surface area contributed by atoms with Crippen LogP contribution in [0.25, 0.3) is 11.1 Å². The molecule has 0 atom stereocenters. The zero-order valence-corrected chi connectivity index (χ0v) is 13.0. The Morgan fingerprint density at radius 2 is 1.86 bits per heavy atom. The van der Waals surface area contributed by atoms with E-state index < -0.39 is 0 Å². The molecule has 1 aliphatic rings. The second-order valence-electron chi connectivity index (χ2n) is 5.87. The van der Waals surface area contributed by atoms with Gasteiger partial charge in [0.05, 0.1) is 10.6 Å². The Morgan fingerprint density at radius 1 is 1.14 bits per heavy atom. The van der Waals surface area contributed by atoms with Gasteiger partial charge in [-0.2, -0.15) is 0 Å². The van der Waals surface area contributed by atoms with Crippen molar-refractivity contribution in [3.05, 3.63) is 40.8 Å². The van der Waals surface area contributed by atoms with E-state index in [1.165, 1.54) is 37.0 Å². The molecule has 3 rings (SSSR count). The third-order valence-corrected chi connectivity index (χ3v) is 5.48. The summed E-state index contributed by atoms with van der Waals surface area (Å²) in [4.78, 5) is 12.7. The largest absolute Gasteiger partial charge is 0.390 e. The Kier molecular flexibility index (Phi) is 4.39. The molecule has 0 unspecified atom stereocenters. The van der Waals surface area contributed by atoms with Gasteiger partial charge >= 0.3 is 0 Å². The van der Waals surface area contributed by atoms with Crippen molar-refractivity contribution in [3.63, 3.8) is 0 Å². The van der Waals surface area contributed by atoms with Gasteiger partial charge in [-0.15, -0.1) is 11.3 Å². The molecule has 0 amide bonds. The monoisotopic (exact) mass is 299 g/mol. The molecular weight excluding hydrogens is 278 g/mol. The quantitative estimate of drug-likeness (QED) is 0.813. The van der Waals surface area contributed by atoms with Crippen LogP contribution in [0.4, 0.5) is 5.00 Å². The standard InChI is InChI=1S/C18H21NOS/c19-18-15(12-20)17(14-9-5-2-6-10-14)16(21-18)11-13-7-3-1-4-8-13/h2,5-6,9-10,12-13H,1,3-4,7-8,11,19H2. The number of rotatable bonds is 4. The fourth-order valence-electron chi connectivity index (χ4n) is 3.35. The lowest BCUT2D eigenvalue weighted by Crippen LogP contribution is -2.09. The summed E-state index contributed by atoms with van der Waals surface area (Å²) >= 11 is 1.60. The SMILES string of the molecule is Nc1sc(CC2CCCCC2)c(-c2ccccc2)c1C=O. The number of carbonyl (C=O) groups excluding carboxylic acids is 1. The number of anilines is 1. The van der Waals surface area contributed by atoms with Crippen LogP contribution in [-0.2, 0) is 6.42 Å². The van der Waals surface area contributed by atoms with Gasteiger partial charge in [0.2, 0.25) is 0 Å². The number of thiophene rings is 1. The van der Waals surface area contributed by atoms with Gasteiger partial charge in [0.15, 0.2) is 6.29 Å². The smallest absolute Gasteiger partial charge is 0.153 e. The van der Waals surface area contributed by atoms with Crippen LogP contribution in [0.2, 0.25) is 0 Å². The predicted octanol–water partition coefficient (Wildman–Crippen LogP) is 4.93. The lowest BCUT2D eigenvalue weighted by atomic mass is 9.85. The van der Waals surface area contributed by atoms with E-state index in [0.29, 0.717) is 10.6 Å². The topological polar surface area (TPSA) is 43.1 Å². The highest BCUT2D eigenvalue weighted by molar-refractivity contribution is 7.16. The molecule has 2 aromatic rings. The molecule has 21 heavy (non-hydrogen) atoms. The fourth-order valence-corrected chi connectivity index (χ4v) is 4.52. The molecule has 1 aliphatic carbocycles. The third-order valence-electron chi connectivity index (χ3n) is 4.43. The molecule has 1 heterocycles. The summed E-state index contributed by atoms with van der Waals surface area (Å²) in [5, 5.41) is 0.662. The second-order valence-corrected chi connectivity index (χ2v) is 7.01. The van der Waals surface area contributed by atoms with Crippen LogP contribution in [0.5, 0.6) is 0 Å². The molecule has 2 N–H and O–H groups in total. The van der Waals surface area contributed by atoms with Gasteiger partial charge in [-0.1, -0.05) is 62.4 Å². The molecule has 1 saturated carbocycles. The highest BCUT2D eigenvalue weighted by Crippen LogP contribution is 2.40. The molecule has 0 aliphatic heterocycles. The molecule has 0 bridgehead atoms. The molecule has 0 spiro atoms. The van der Waals surface area contributed by atoms with Crippen molar-refractivity contribution >= 4 is 22.6 Å². The maximum absolute atomic E-state index is 11.5. The molecule has 0 radical (unpaired) electrons. The van der Waals surface area contributed by atoms with Gasteiger partial charge in [-0.25, -0.2) is 0 Å². The van der Waals surface area contributed by atoms with Crippen LogP contribution in [0.1, 0.15) is 47.3 Å². The molecular formula is C18H21NOS. The van der Waals surface area contributed by atoms with Gasteiger partial charge < -0.3 is 5.73 Å². The number of aldehydes is 1. The number of hydrogen-bond donors (Lipinski definition) is 1. The van der Waals surface area contributed by atoms with Crippen LogP contribution in [-0.4, -0.2) is 6.29 Å². The molecule has 3 heteroatoms. The lowest BCUT2D eigenvalue weighted by Gasteiger charge is -2.21. The van der Waals surface area contributed by atoms with E-state index in [1.807, 2.05) is 18.2 Å². The average molecular weight is 299 g/mol. The Bertz CT molecular complexity index is 612. The number of nitrogens with two attached hydrogens (primary N) is 1. The van der Waals surface area contributed by atoms with E-state index in [-0.39, 0.29) is 0 Å². The van der Waals surface area contributed by atoms with Crippen molar-refractivity contribution in [2.45, 2.75) is 38.5 Å². The first-order valence-corrected chi connectivity index (χ1v) is 8.53. The first-order chi connectivity index (χ1) is 10.3.